The van der Waals surface area contributed by atoms with E-state index in [1.54, 1.807) is 6.08 Å². The summed E-state index contributed by atoms with van der Waals surface area (Å²) in [6, 6.07) is 0. The Morgan fingerprint density at radius 3 is 2.55 bits per heavy atom. The lowest BCUT2D eigenvalue weighted by Gasteiger charge is -1.99. The van der Waals surface area contributed by atoms with Gasteiger partial charge >= 0.3 is 5.97 Å². The highest BCUT2D eigenvalue weighted by atomic mass is 16.5. The second-order valence-corrected chi connectivity index (χ2v) is 4.76. The normalized spacial score (nSPS) is 16.4. The molecule has 1 aliphatic rings. The van der Waals surface area contributed by atoms with Gasteiger partial charge in [-0.25, -0.2) is 0 Å². The Hall–Kier alpha value is -1.42. The molecule has 1 atom stereocenters. The van der Waals surface area contributed by atoms with Crippen LogP contribution >= 0.6 is 0 Å². The molecule has 1 saturated carbocycles. The molecule has 0 radical (unpaired) electrons. The van der Waals surface area contributed by atoms with E-state index < -0.39 is 0 Å². The third-order valence-corrected chi connectivity index (χ3v) is 2.96. The number of hydrogen-bond acceptors (Lipinski definition) is 4. The molecule has 4 heteroatoms. The van der Waals surface area contributed by atoms with Gasteiger partial charge in [0.1, 0.15) is 12.4 Å². The minimum atomic E-state index is -0.139. The summed E-state index contributed by atoms with van der Waals surface area (Å²) < 4.78 is 4.79. The number of allylic oxidation sites excluding steroid dienone is 2. The molecular weight excluding hydrogens is 280 g/mol. The minimum absolute atomic E-state index is 0.139. The number of aliphatic hydroxyl groups excluding tert-OH is 1. The third-order valence-electron chi connectivity index (χ3n) is 2.96. The van der Waals surface area contributed by atoms with E-state index in [9.17, 15) is 9.59 Å². The lowest BCUT2D eigenvalue weighted by Crippen LogP contribution is -2.03. The van der Waals surface area contributed by atoms with Gasteiger partial charge in [0.05, 0.1) is 0 Å². The van der Waals surface area contributed by atoms with Crippen molar-refractivity contribution in [1.29, 1.82) is 0 Å². The molecule has 1 N–H and O–H groups in total. The fourth-order valence-electron chi connectivity index (χ4n) is 1.80. The summed E-state index contributed by atoms with van der Waals surface area (Å²) >= 11 is 0. The van der Waals surface area contributed by atoms with Gasteiger partial charge in [0, 0.05) is 25.9 Å². The molecule has 128 valence electrons. The first-order valence-electron chi connectivity index (χ1n) is 8.14. The van der Waals surface area contributed by atoms with Gasteiger partial charge in [-0.3, -0.25) is 9.59 Å². The van der Waals surface area contributed by atoms with Crippen LogP contribution in [0.3, 0.4) is 0 Å². The van der Waals surface area contributed by atoms with Gasteiger partial charge in [-0.1, -0.05) is 38.7 Å². The summed E-state index contributed by atoms with van der Waals surface area (Å²) in [5, 5.41) is 8.53. The van der Waals surface area contributed by atoms with Crippen molar-refractivity contribution in [2.45, 2.75) is 59.3 Å². The molecule has 0 bridgehead atoms. The number of ketones is 1. The predicted octanol–water partition coefficient (Wildman–Crippen LogP) is 3.84. The largest absolute Gasteiger partial charge is 0.461 e. The van der Waals surface area contributed by atoms with Gasteiger partial charge in [0.25, 0.3) is 0 Å². The molecule has 0 aromatic rings. The smallest absolute Gasteiger partial charge is 0.306 e. The van der Waals surface area contributed by atoms with Crippen molar-refractivity contribution < 1.29 is 19.4 Å². The van der Waals surface area contributed by atoms with E-state index in [-0.39, 0.29) is 18.5 Å². The van der Waals surface area contributed by atoms with Gasteiger partial charge in [0.2, 0.25) is 0 Å². The monoisotopic (exact) mass is 312 g/mol. The summed E-state index contributed by atoms with van der Waals surface area (Å²) in [7, 11) is 0. The van der Waals surface area contributed by atoms with Gasteiger partial charge in [-0.15, -0.1) is 0 Å². The molecular formula is C18H32O4. The lowest BCUT2D eigenvalue weighted by molar-refractivity contribution is -0.142. The first kappa shape index (κ1) is 22.9. The molecule has 0 aromatic heterocycles. The van der Waals surface area contributed by atoms with Crippen molar-refractivity contribution in [3.63, 3.8) is 0 Å². The zero-order valence-corrected chi connectivity index (χ0v) is 14.3. The number of esters is 1. The summed E-state index contributed by atoms with van der Waals surface area (Å²) in [5.41, 5.74) is 0. The maximum atomic E-state index is 10.9. The second kappa shape index (κ2) is 17.6. The summed E-state index contributed by atoms with van der Waals surface area (Å²) in [6.07, 6.45) is 10.1. The van der Waals surface area contributed by atoms with E-state index in [2.05, 4.69) is 6.58 Å². The minimum Gasteiger partial charge on any atom is -0.461 e. The van der Waals surface area contributed by atoms with Gasteiger partial charge in [-0.05, 0) is 32.1 Å². The highest BCUT2D eigenvalue weighted by Gasteiger charge is 2.20. The average Bonchev–Trinajstić information content (AvgIpc) is 2.98. The predicted molar refractivity (Wildman–Crippen MR) is 90.6 cm³/mol. The van der Waals surface area contributed by atoms with Crippen LogP contribution < -0.4 is 0 Å². The molecule has 1 rings (SSSR count). The fraction of sp³-hybridized carbons (Fsp3) is 0.667. The summed E-state index contributed by atoms with van der Waals surface area (Å²) in [5.74, 6) is 0.450. The Morgan fingerprint density at radius 2 is 2.14 bits per heavy atom. The lowest BCUT2D eigenvalue weighted by atomic mass is 10.1. The Labute approximate surface area is 135 Å². The van der Waals surface area contributed by atoms with Gasteiger partial charge < -0.3 is 9.84 Å². The molecule has 0 amide bonds. The van der Waals surface area contributed by atoms with E-state index in [4.69, 9.17) is 9.84 Å². The van der Waals surface area contributed by atoms with Crippen molar-refractivity contribution in [3.05, 3.63) is 24.8 Å². The molecule has 22 heavy (non-hydrogen) atoms. The first-order chi connectivity index (χ1) is 10.6. The van der Waals surface area contributed by atoms with E-state index in [1.165, 1.54) is 0 Å². The topological polar surface area (TPSA) is 63.6 Å². The van der Waals surface area contributed by atoms with Crippen LogP contribution in [-0.2, 0) is 14.3 Å². The number of Topliss-reactive ketones (excluding diaryl/α,β-unsaturated/α-hetero) is 1. The van der Waals surface area contributed by atoms with E-state index in [0.29, 0.717) is 31.7 Å². The molecule has 4 nitrogen and oxygen atoms in total. The SMILES string of the molecule is C=CCOC(=O)CCC/C=C\C.CC.O=C1CCC(CO)C1. The van der Waals surface area contributed by atoms with Crippen LogP contribution in [0.15, 0.2) is 24.8 Å². The van der Waals surface area contributed by atoms with Crippen LogP contribution in [0.1, 0.15) is 59.3 Å². The molecule has 0 aromatic carbocycles. The molecule has 1 fully saturated rings. The number of unbranched alkanes of at least 4 members (excludes halogenated alkanes) is 1. The maximum absolute atomic E-state index is 10.9. The van der Waals surface area contributed by atoms with Crippen LogP contribution in [-0.4, -0.2) is 30.1 Å². The van der Waals surface area contributed by atoms with Crippen LogP contribution in [0.2, 0.25) is 0 Å². The average molecular weight is 312 g/mol. The van der Waals surface area contributed by atoms with Gasteiger partial charge in [-0.2, -0.15) is 0 Å². The third kappa shape index (κ3) is 15.0. The van der Waals surface area contributed by atoms with Crippen molar-refractivity contribution >= 4 is 11.8 Å². The molecule has 1 unspecified atom stereocenters. The highest BCUT2D eigenvalue weighted by Crippen LogP contribution is 2.20. The number of hydrogen-bond donors (Lipinski definition) is 1. The van der Waals surface area contributed by atoms with Crippen LogP contribution in [0.5, 0.6) is 0 Å². The zero-order chi connectivity index (χ0) is 17.2. The Kier molecular flexibility index (Phi) is 18.3. The highest BCUT2D eigenvalue weighted by molar-refractivity contribution is 5.80. The number of carbonyl (C=O) groups is 2. The molecule has 0 aliphatic heterocycles. The summed E-state index contributed by atoms with van der Waals surface area (Å²) in [4.78, 5) is 21.4. The van der Waals surface area contributed by atoms with E-state index >= 15 is 0 Å². The number of aliphatic hydroxyl groups is 1. The van der Waals surface area contributed by atoms with E-state index in [0.717, 1.165) is 19.3 Å². The number of ether oxygens (including phenoxy) is 1. The first-order valence-corrected chi connectivity index (χ1v) is 8.14. The van der Waals surface area contributed by atoms with E-state index in [1.807, 2.05) is 32.9 Å². The standard InChI is InChI=1S/C10H16O2.C6H10O2.C2H6/c1-3-5-6-7-8-10(11)12-9-4-2;7-4-5-1-2-6(8)3-5;1-2/h3-5H,2,6-9H2,1H3;5,7H,1-4H2;1-2H3/b5-3-;;. The van der Waals surface area contributed by atoms with Crippen molar-refractivity contribution in [2.75, 3.05) is 13.2 Å². The van der Waals surface area contributed by atoms with Crippen LogP contribution in [0, 0.1) is 5.92 Å². The van der Waals surface area contributed by atoms with Gasteiger partial charge in [0.15, 0.2) is 0 Å². The Morgan fingerprint density at radius 1 is 1.45 bits per heavy atom. The van der Waals surface area contributed by atoms with Crippen molar-refractivity contribution in [1.82, 2.24) is 0 Å². The van der Waals surface area contributed by atoms with Crippen molar-refractivity contribution in [2.24, 2.45) is 5.92 Å². The Bertz CT molecular complexity index is 321. The molecule has 0 saturated heterocycles. The molecule has 0 heterocycles. The van der Waals surface area contributed by atoms with Crippen LogP contribution in [0.4, 0.5) is 0 Å². The summed E-state index contributed by atoms with van der Waals surface area (Å²) in [6.45, 7) is 9.93. The molecule has 0 spiro atoms. The zero-order valence-electron chi connectivity index (χ0n) is 14.3. The number of rotatable bonds is 7. The van der Waals surface area contributed by atoms with Crippen LogP contribution in [0.25, 0.3) is 0 Å². The quantitative estimate of drug-likeness (QED) is 0.441. The van der Waals surface area contributed by atoms with Crippen molar-refractivity contribution in [3.8, 4) is 0 Å². The fourth-order valence-corrected chi connectivity index (χ4v) is 1.80. The second-order valence-electron chi connectivity index (χ2n) is 4.76. The maximum Gasteiger partial charge on any atom is 0.306 e. The Balaban J connectivity index is 0. The number of carbonyl (C=O) groups excluding carboxylic acids is 2. The molecule has 1 aliphatic carbocycles.